The van der Waals surface area contributed by atoms with Gasteiger partial charge in [-0.2, -0.15) is 10.2 Å². The molecule has 0 fully saturated rings. The van der Waals surface area contributed by atoms with E-state index in [4.69, 9.17) is 16.3 Å². The lowest BCUT2D eigenvalue weighted by atomic mass is 10.1. The number of nitrogens with zero attached hydrogens (tertiary/aromatic N) is 5. The van der Waals surface area contributed by atoms with E-state index in [1.54, 1.807) is 87.1 Å². The van der Waals surface area contributed by atoms with Gasteiger partial charge in [0.05, 0.1) is 11.4 Å². The van der Waals surface area contributed by atoms with Gasteiger partial charge in [-0.1, -0.05) is 35.9 Å². The Hall–Kier alpha value is -5.40. The van der Waals surface area contributed by atoms with Crippen LogP contribution < -0.4 is 21.2 Å². The van der Waals surface area contributed by atoms with E-state index in [0.29, 0.717) is 27.8 Å². The van der Waals surface area contributed by atoms with E-state index in [9.17, 15) is 19.6 Å². The number of nitrogens with one attached hydrogen (secondary N) is 1. The van der Waals surface area contributed by atoms with Crippen LogP contribution in [0.5, 0.6) is 11.6 Å². The minimum atomic E-state index is -0.870. The molecule has 5 rings (SSSR count). The van der Waals surface area contributed by atoms with Gasteiger partial charge in [-0.15, -0.1) is 0 Å². The number of aromatic nitrogens is 4. The Bertz CT molecular complexity index is 2070. The van der Waals surface area contributed by atoms with Gasteiger partial charge in [0.25, 0.3) is 17.0 Å². The molecule has 0 saturated carbocycles. The number of anilines is 1. The van der Waals surface area contributed by atoms with E-state index in [1.165, 1.54) is 15.3 Å². The van der Waals surface area contributed by atoms with Crippen LogP contribution in [0.1, 0.15) is 22.4 Å². The summed E-state index contributed by atoms with van der Waals surface area (Å²) in [6.45, 7) is 5.28. The molecule has 1 N–H and O–H groups in total. The van der Waals surface area contributed by atoms with Crippen molar-refractivity contribution in [2.45, 2.75) is 20.8 Å². The van der Waals surface area contributed by atoms with Crippen molar-refractivity contribution in [3.8, 4) is 23.4 Å². The fraction of sp³-hybridized carbons (Fsp3) is 0.129. The number of hydrogen-bond donors (Lipinski definition) is 1. The van der Waals surface area contributed by atoms with Crippen LogP contribution in [-0.2, 0) is 11.8 Å². The predicted octanol–water partition coefficient (Wildman–Crippen LogP) is 5.10. The molecule has 11 heteroatoms. The first-order valence-electron chi connectivity index (χ1n) is 12.8. The number of benzene rings is 2. The van der Waals surface area contributed by atoms with Gasteiger partial charge < -0.3 is 10.1 Å². The summed E-state index contributed by atoms with van der Waals surface area (Å²) in [4.78, 5) is 44.8. The Labute approximate surface area is 245 Å². The molecule has 0 aliphatic rings. The third kappa shape index (κ3) is 5.09. The Morgan fingerprint density at radius 2 is 1.76 bits per heavy atom. The summed E-state index contributed by atoms with van der Waals surface area (Å²) in [7, 11) is 1.69. The number of rotatable bonds is 6. The van der Waals surface area contributed by atoms with Gasteiger partial charge in [-0.25, -0.2) is 4.68 Å². The van der Waals surface area contributed by atoms with Crippen molar-refractivity contribution in [3.63, 3.8) is 0 Å². The Morgan fingerprint density at radius 3 is 2.45 bits per heavy atom. The van der Waals surface area contributed by atoms with Crippen molar-refractivity contribution >= 4 is 34.9 Å². The molecule has 0 radical (unpaired) electrons. The van der Waals surface area contributed by atoms with Crippen LogP contribution in [0.2, 0.25) is 5.02 Å². The van der Waals surface area contributed by atoms with Crippen LogP contribution in [0, 0.1) is 32.1 Å². The molecule has 0 atom stereocenters. The Kier molecular flexibility index (Phi) is 7.53. The normalized spacial score (nSPS) is 11.4. The largest absolute Gasteiger partial charge is 0.438 e. The second-order valence-corrected chi connectivity index (χ2v) is 10.0. The first kappa shape index (κ1) is 28.1. The molecule has 0 aliphatic heterocycles. The van der Waals surface area contributed by atoms with Gasteiger partial charge in [0.1, 0.15) is 34.3 Å². The molecule has 3 heterocycles. The topological polar surface area (TPSA) is 123 Å². The van der Waals surface area contributed by atoms with E-state index < -0.39 is 22.6 Å². The molecule has 0 saturated heterocycles. The van der Waals surface area contributed by atoms with Crippen LogP contribution >= 0.6 is 11.6 Å². The van der Waals surface area contributed by atoms with Gasteiger partial charge in [-0.3, -0.25) is 23.5 Å². The molecule has 3 aromatic heterocycles. The molecular weight excluding hydrogens is 556 g/mol. The number of carbonyl (C=O) groups is 1. The predicted molar refractivity (Wildman–Crippen MR) is 160 cm³/mol. The highest BCUT2D eigenvalue weighted by Crippen LogP contribution is 2.28. The summed E-state index contributed by atoms with van der Waals surface area (Å²) in [6.07, 6.45) is 2.66. The summed E-state index contributed by atoms with van der Waals surface area (Å²) in [6, 6.07) is 19.2. The van der Waals surface area contributed by atoms with Crippen molar-refractivity contribution in [1.82, 2.24) is 18.7 Å². The van der Waals surface area contributed by atoms with E-state index in [2.05, 4.69) is 10.3 Å². The number of halogens is 1. The van der Waals surface area contributed by atoms with Crippen LogP contribution in [0.4, 0.5) is 5.69 Å². The molecule has 10 nitrogen and oxygen atoms in total. The van der Waals surface area contributed by atoms with Gasteiger partial charge in [0.2, 0.25) is 5.88 Å². The lowest BCUT2D eigenvalue weighted by Gasteiger charge is -2.12. The van der Waals surface area contributed by atoms with E-state index >= 15 is 0 Å². The fourth-order valence-corrected chi connectivity index (χ4v) is 4.59. The highest BCUT2D eigenvalue weighted by Gasteiger charge is 2.22. The van der Waals surface area contributed by atoms with Crippen molar-refractivity contribution < 1.29 is 9.53 Å². The van der Waals surface area contributed by atoms with Crippen molar-refractivity contribution in [2.24, 2.45) is 7.05 Å². The van der Waals surface area contributed by atoms with E-state index in [-0.39, 0.29) is 17.1 Å². The zero-order valence-electron chi connectivity index (χ0n) is 23.2. The average molecular weight is 581 g/mol. The molecule has 5 aromatic rings. The van der Waals surface area contributed by atoms with Crippen LogP contribution in [-0.4, -0.2) is 24.7 Å². The molecule has 2 aromatic carbocycles. The lowest BCUT2D eigenvalue weighted by Crippen LogP contribution is -2.24. The fourth-order valence-electron chi connectivity index (χ4n) is 4.47. The first-order valence-corrected chi connectivity index (χ1v) is 13.2. The van der Waals surface area contributed by atoms with Gasteiger partial charge >= 0.3 is 0 Å². The molecule has 42 heavy (non-hydrogen) atoms. The standard InChI is InChI=1S/C31H25ClN6O4/c1-18-9-8-14-37-27(18)35-29(42-23-12-13-25(32)19(2)15-23)24(30(37)40)16-21(17-33)28(39)34-26-20(3)36(4)38(31(26)41)22-10-6-5-7-11-22/h5-16H,1-4H3,(H,34,39). The number of carbonyl (C=O) groups excluding carboxylic acids is 1. The Balaban J connectivity index is 1.60. The molecular formula is C31H25ClN6O4. The second kappa shape index (κ2) is 11.2. The molecule has 1 amide bonds. The van der Waals surface area contributed by atoms with Crippen molar-refractivity contribution in [3.05, 3.63) is 121 Å². The number of hydrogen-bond acceptors (Lipinski definition) is 6. The smallest absolute Gasteiger partial charge is 0.295 e. The number of fused-ring (bicyclic) bond motifs is 1. The zero-order chi connectivity index (χ0) is 30.1. The average Bonchev–Trinajstić information content (AvgIpc) is 3.18. The molecule has 210 valence electrons. The van der Waals surface area contributed by atoms with Gasteiger partial charge in [-0.05, 0) is 74.4 Å². The Morgan fingerprint density at radius 1 is 1.02 bits per heavy atom. The van der Waals surface area contributed by atoms with Gasteiger partial charge in [0, 0.05) is 18.3 Å². The number of nitriles is 1. The minimum Gasteiger partial charge on any atom is -0.438 e. The molecule has 0 spiro atoms. The highest BCUT2D eigenvalue weighted by molar-refractivity contribution is 6.31. The lowest BCUT2D eigenvalue weighted by molar-refractivity contribution is -0.112. The maximum absolute atomic E-state index is 13.6. The van der Waals surface area contributed by atoms with Gasteiger partial charge in [0.15, 0.2) is 0 Å². The number of pyridine rings is 1. The summed E-state index contributed by atoms with van der Waals surface area (Å²) in [5, 5.41) is 13.1. The van der Waals surface area contributed by atoms with E-state index in [1.807, 2.05) is 12.1 Å². The van der Waals surface area contributed by atoms with E-state index in [0.717, 1.165) is 17.2 Å². The molecule has 0 bridgehead atoms. The van der Waals surface area contributed by atoms with Crippen LogP contribution in [0.15, 0.2) is 82.0 Å². The maximum atomic E-state index is 13.6. The molecule has 0 unspecified atom stereocenters. The SMILES string of the molecule is Cc1cc(Oc2nc3c(C)cccn3c(=O)c2C=C(C#N)C(=O)Nc2c(C)n(C)n(-c3ccccc3)c2=O)ccc1Cl. The number of para-hydroxylation sites is 1. The number of aryl methyl sites for hydroxylation is 2. The summed E-state index contributed by atoms with van der Waals surface area (Å²) >= 11 is 6.16. The summed E-state index contributed by atoms with van der Waals surface area (Å²) in [5.74, 6) is -0.606. The summed E-state index contributed by atoms with van der Waals surface area (Å²) < 4.78 is 10.3. The molecule has 0 aliphatic carbocycles. The summed E-state index contributed by atoms with van der Waals surface area (Å²) in [5.41, 5.74) is 1.33. The quantitative estimate of drug-likeness (QED) is 0.220. The van der Waals surface area contributed by atoms with Crippen LogP contribution in [0.3, 0.4) is 0 Å². The van der Waals surface area contributed by atoms with Crippen LogP contribution in [0.25, 0.3) is 17.4 Å². The maximum Gasteiger partial charge on any atom is 0.295 e. The number of ether oxygens (including phenoxy) is 1. The first-order chi connectivity index (χ1) is 20.1. The zero-order valence-corrected chi connectivity index (χ0v) is 23.9. The second-order valence-electron chi connectivity index (χ2n) is 9.59. The minimum absolute atomic E-state index is 0.00426. The third-order valence-corrected chi connectivity index (χ3v) is 7.26. The monoisotopic (exact) mass is 580 g/mol. The number of amides is 1. The third-order valence-electron chi connectivity index (χ3n) is 6.84. The van der Waals surface area contributed by atoms with Crippen molar-refractivity contribution in [1.29, 1.82) is 5.26 Å². The highest BCUT2D eigenvalue weighted by atomic mass is 35.5. The van der Waals surface area contributed by atoms with Crippen molar-refractivity contribution in [2.75, 3.05) is 5.32 Å².